The molecule has 0 saturated heterocycles. The van der Waals surface area contributed by atoms with Crippen molar-refractivity contribution in [2.24, 2.45) is 5.92 Å². The Labute approximate surface area is 74.6 Å². The first-order valence-corrected chi connectivity index (χ1v) is 4.39. The third-order valence-corrected chi connectivity index (χ3v) is 1.90. The summed E-state index contributed by atoms with van der Waals surface area (Å²) in [7, 11) is 0. The minimum absolute atomic E-state index is 0.103. The standard InChI is InChI=1S/C10H18O2/c1-4-5-6-7-9(11)10(12)8(2)3/h1,8-12H,5-7H2,2-3H3. The molecule has 0 saturated carbocycles. The second kappa shape index (κ2) is 6.05. The molecule has 12 heavy (non-hydrogen) atoms. The van der Waals surface area contributed by atoms with E-state index in [1.807, 2.05) is 13.8 Å². The molecule has 70 valence electrons. The Morgan fingerprint density at radius 1 is 1.33 bits per heavy atom. The van der Waals surface area contributed by atoms with Gasteiger partial charge in [0.25, 0.3) is 0 Å². The van der Waals surface area contributed by atoms with E-state index in [9.17, 15) is 10.2 Å². The van der Waals surface area contributed by atoms with Crippen molar-refractivity contribution in [2.75, 3.05) is 0 Å². The lowest BCUT2D eigenvalue weighted by Gasteiger charge is -2.20. The van der Waals surface area contributed by atoms with Gasteiger partial charge >= 0.3 is 0 Å². The van der Waals surface area contributed by atoms with Crippen molar-refractivity contribution in [1.82, 2.24) is 0 Å². The van der Waals surface area contributed by atoms with Gasteiger partial charge in [-0.3, -0.25) is 0 Å². The molecule has 0 aromatic carbocycles. The molecule has 0 rings (SSSR count). The van der Waals surface area contributed by atoms with Gasteiger partial charge in [-0.25, -0.2) is 0 Å². The van der Waals surface area contributed by atoms with Crippen molar-refractivity contribution < 1.29 is 10.2 Å². The Morgan fingerprint density at radius 3 is 2.33 bits per heavy atom. The highest BCUT2D eigenvalue weighted by atomic mass is 16.3. The van der Waals surface area contributed by atoms with Gasteiger partial charge in [-0.2, -0.15) is 0 Å². The lowest BCUT2D eigenvalue weighted by atomic mass is 9.98. The van der Waals surface area contributed by atoms with E-state index in [-0.39, 0.29) is 5.92 Å². The molecule has 2 unspecified atom stereocenters. The van der Waals surface area contributed by atoms with Crippen LogP contribution < -0.4 is 0 Å². The number of unbranched alkanes of at least 4 members (excludes halogenated alkanes) is 1. The molecule has 0 aromatic rings. The molecule has 2 atom stereocenters. The zero-order valence-corrected chi connectivity index (χ0v) is 7.83. The van der Waals surface area contributed by atoms with Crippen LogP contribution in [0.4, 0.5) is 0 Å². The first-order valence-electron chi connectivity index (χ1n) is 4.39. The molecule has 0 heterocycles. The Kier molecular flexibility index (Phi) is 5.79. The lowest BCUT2D eigenvalue weighted by molar-refractivity contribution is -0.0127. The van der Waals surface area contributed by atoms with Gasteiger partial charge < -0.3 is 10.2 Å². The zero-order valence-electron chi connectivity index (χ0n) is 7.83. The van der Waals surface area contributed by atoms with Gasteiger partial charge in [-0.1, -0.05) is 13.8 Å². The Hall–Kier alpha value is -0.520. The van der Waals surface area contributed by atoms with Crippen molar-refractivity contribution >= 4 is 0 Å². The van der Waals surface area contributed by atoms with E-state index >= 15 is 0 Å². The van der Waals surface area contributed by atoms with E-state index in [4.69, 9.17) is 6.42 Å². The molecule has 2 heteroatoms. The molecule has 0 spiro atoms. The highest BCUT2D eigenvalue weighted by molar-refractivity contribution is 4.84. The van der Waals surface area contributed by atoms with Crippen molar-refractivity contribution in [3.63, 3.8) is 0 Å². The predicted molar refractivity (Wildman–Crippen MR) is 49.5 cm³/mol. The second-order valence-electron chi connectivity index (χ2n) is 3.40. The van der Waals surface area contributed by atoms with Crippen molar-refractivity contribution in [3.8, 4) is 12.3 Å². The van der Waals surface area contributed by atoms with E-state index in [0.717, 1.165) is 6.42 Å². The number of hydrogen-bond acceptors (Lipinski definition) is 2. The Balaban J connectivity index is 3.58. The predicted octanol–water partition coefficient (Wildman–Crippen LogP) is 1.17. The average molecular weight is 170 g/mol. The van der Waals surface area contributed by atoms with Crippen LogP contribution in [-0.2, 0) is 0 Å². The molecule has 0 fully saturated rings. The van der Waals surface area contributed by atoms with E-state index in [2.05, 4.69) is 5.92 Å². The molecule has 0 bridgehead atoms. The molecular formula is C10H18O2. The maximum Gasteiger partial charge on any atom is 0.0821 e. The van der Waals surface area contributed by atoms with E-state index in [1.54, 1.807) is 0 Å². The topological polar surface area (TPSA) is 40.5 Å². The summed E-state index contributed by atoms with van der Waals surface area (Å²) >= 11 is 0. The summed E-state index contributed by atoms with van der Waals surface area (Å²) in [6.07, 6.45) is 5.84. The first-order chi connectivity index (χ1) is 5.59. The highest BCUT2D eigenvalue weighted by Gasteiger charge is 2.18. The van der Waals surface area contributed by atoms with Crippen LogP contribution in [0.1, 0.15) is 33.1 Å². The fraction of sp³-hybridized carbons (Fsp3) is 0.800. The fourth-order valence-corrected chi connectivity index (χ4v) is 1.03. The quantitative estimate of drug-likeness (QED) is 0.480. The minimum Gasteiger partial charge on any atom is -0.390 e. The molecule has 0 amide bonds. The fourth-order valence-electron chi connectivity index (χ4n) is 1.03. The molecule has 0 aliphatic heterocycles. The van der Waals surface area contributed by atoms with Gasteiger partial charge in [-0.05, 0) is 18.8 Å². The van der Waals surface area contributed by atoms with Gasteiger partial charge in [0.15, 0.2) is 0 Å². The summed E-state index contributed by atoms with van der Waals surface area (Å²) in [4.78, 5) is 0. The summed E-state index contributed by atoms with van der Waals surface area (Å²) in [6, 6.07) is 0. The van der Waals surface area contributed by atoms with Crippen molar-refractivity contribution in [1.29, 1.82) is 0 Å². The Bertz CT molecular complexity index is 146. The van der Waals surface area contributed by atoms with Crippen LogP contribution in [0, 0.1) is 18.3 Å². The highest BCUT2D eigenvalue weighted by Crippen LogP contribution is 2.11. The van der Waals surface area contributed by atoms with Gasteiger partial charge in [0, 0.05) is 6.42 Å². The first kappa shape index (κ1) is 11.5. The van der Waals surface area contributed by atoms with Gasteiger partial charge in [0.2, 0.25) is 0 Å². The van der Waals surface area contributed by atoms with Gasteiger partial charge in [0.05, 0.1) is 12.2 Å². The van der Waals surface area contributed by atoms with Crippen LogP contribution in [0.5, 0.6) is 0 Å². The number of terminal acetylenes is 1. The molecule has 0 aromatic heterocycles. The second-order valence-corrected chi connectivity index (χ2v) is 3.40. The summed E-state index contributed by atoms with van der Waals surface area (Å²) in [6.45, 7) is 3.77. The largest absolute Gasteiger partial charge is 0.390 e. The zero-order chi connectivity index (χ0) is 9.56. The molecular weight excluding hydrogens is 152 g/mol. The SMILES string of the molecule is C#CCCCC(O)C(O)C(C)C. The Morgan fingerprint density at radius 2 is 1.92 bits per heavy atom. The number of rotatable bonds is 5. The maximum atomic E-state index is 9.40. The smallest absolute Gasteiger partial charge is 0.0821 e. The molecule has 0 aliphatic carbocycles. The van der Waals surface area contributed by atoms with Crippen LogP contribution in [0.3, 0.4) is 0 Å². The van der Waals surface area contributed by atoms with Crippen LogP contribution in [0.15, 0.2) is 0 Å². The number of aliphatic hydroxyl groups excluding tert-OH is 2. The lowest BCUT2D eigenvalue weighted by Crippen LogP contribution is -2.30. The van der Waals surface area contributed by atoms with Crippen LogP contribution >= 0.6 is 0 Å². The summed E-state index contributed by atoms with van der Waals surface area (Å²) in [5.41, 5.74) is 0. The maximum absolute atomic E-state index is 9.40. The molecule has 2 nitrogen and oxygen atoms in total. The minimum atomic E-state index is -0.627. The average Bonchev–Trinajstić information content (AvgIpc) is 2.03. The van der Waals surface area contributed by atoms with Crippen LogP contribution in [0.2, 0.25) is 0 Å². The molecule has 0 aliphatic rings. The molecule has 2 N–H and O–H groups in total. The van der Waals surface area contributed by atoms with Crippen molar-refractivity contribution in [3.05, 3.63) is 0 Å². The number of aliphatic hydroxyl groups is 2. The normalized spacial score (nSPS) is 15.7. The van der Waals surface area contributed by atoms with E-state index in [1.165, 1.54) is 0 Å². The summed E-state index contributed by atoms with van der Waals surface area (Å²) in [5.74, 6) is 2.60. The third kappa shape index (κ3) is 4.38. The summed E-state index contributed by atoms with van der Waals surface area (Å²) in [5, 5.41) is 18.8. The van der Waals surface area contributed by atoms with Crippen molar-refractivity contribution in [2.45, 2.75) is 45.3 Å². The third-order valence-electron chi connectivity index (χ3n) is 1.90. The van der Waals surface area contributed by atoms with Gasteiger partial charge in [-0.15, -0.1) is 12.3 Å². The number of hydrogen-bond donors (Lipinski definition) is 2. The molecule has 0 radical (unpaired) electrons. The summed E-state index contributed by atoms with van der Waals surface area (Å²) < 4.78 is 0. The van der Waals surface area contributed by atoms with Gasteiger partial charge in [0.1, 0.15) is 0 Å². The van der Waals surface area contributed by atoms with E-state index in [0.29, 0.717) is 12.8 Å². The van der Waals surface area contributed by atoms with Crippen LogP contribution in [-0.4, -0.2) is 22.4 Å². The van der Waals surface area contributed by atoms with E-state index < -0.39 is 12.2 Å². The monoisotopic (exact) mass is 170 g/mol. The van der Waals surface area contributed by atoms with Crippen LogP contribution in [0.25, 0.3) is 0 Å².